The molecule has 0 fully saturated rings. The molecule has 2 heterocycles. The first-order chi connectivity index (χ1) is 10.9. The number of aromatic nitrogens is 1. The number of hydrogen-bond donors (Lipinski definition) is 1. The van der Waals surface area contributed by atoms with Crippen molar-refractivity contribution in [2.75, 3.05) is 13.7 Å². The minimum Gasteiger partial charge on any atom is -0.497 e. The van der Waals surface area contributed by atoms with E-state index in [-0.39, 0.29) is 11.7 Å². The Bertz CT molecular complexity index is 793. The zero-order valence-electron chi connectivity index (χ0n) is 14.0. The van der Waals surface area contributed by atoms with E-state index in [4.69, 9.17) is 4.74 Å². The van der Waals surface area contributed by atoms with Gasteiger partial charge in [0.1, 0.15) is 11.5 Å². The number of hydrogen-bond acceptors (Lipinski definition) is 3. The van der Waals surface area contributed by atoms with Crippen LogP contribution in [0.4, 0.5) is 0 Å². The molecule has 5 nitrogen and oxygen atoms in total. The van der Waals surface area contributed by atoms with Crippen LogP contribution in [0.15, 0.2) is 18.2 Å². The van der Waals surface area contributed by atoms with Crippen molar-refractivity contribution in [1.82, 2.24) is 9.88 Å². The largest absolute Gasteiger partial charge is 0.497 e. The maximum Gasteiger partial charge on any atom is 0.220 e. The first kappa shape index (κ1) is 15.6. The van der Waals surface area contributed by atoms with Crippen LogP contribution in [0.5, 0.6) is 5.75 Å². The molecule has 2 aromatic rings. The Balaban J connectivity index is 2.22. The summed E-state index contributed by atoms with van der Waals surface area (Å²) in [5.74, 6) is 0.875. The van der Waals surface area contributed by atoms with Gasteiger partial charge in [-0.05, 0) is 44.0 Å². The van der Waals surface area contributed by atoms with E-state index >= 15 is 0 Å². The number of rotatable bonds is 3. The minimum absolute atomic E-state index is 0.00404. The average molecular weight is 314 g/mol. The standard InChI is InChI=1S/C18H22N2O3/c1-11(21)10-18(3)17-14(7-8-20(18)12(2)22)15-9-13(23-4)5-6-16(15)19-17/h5-6,9,19H,7-8,10H2,1-4H3. The van der Waals surface area contributed by atoms with Crippen LogP contribution in [-0.2, 0) is 21.5 Å². The normalized spacial score (nSPS) is 20.4. The van der Waals surface area contributed by atoms with Gasteiger partial charge in [-0.25, -0.2) is 0 Å². The number of carbonyl (C=O) groups excluding carboxylic acids is 2. The number of nitrogens with one attached hydrogen (secondary N) is 1. The van der Waals surface area contributed by atoms with Gasteiger partial charge in [-0.2, -0.15) is 0 Å². The number of nitrogens with zero attached hydrogens (tertiary/aromatic N) is 1. The van der Waals surface area contributed by atoms with Gasteiger partial charge in [0.2, 0.25) is 5.91 Å². The molecule has 0 saturated heterocycles. The highest BCUT2D eigenvalue weighted by atomic mass is 16.5. The Kier molecular flexibility index (Phi) is 3.66. The van der Waals surface area contributed by atoms with Crippen molar-refractivity contribution in [3.63, 3.8) is 0 Å². The lowest BCUT2D eigenvalue weighted by Gasteiger charge is -2.44. The first-order valence-electron chi connectivity index (χ1n) is 7.83. The number of methoxy groups -OCH3 is 1. The van der Waals surface area contributed by atoms with Gasteiger partial charge in [0, 0.05) is 36.5 Å². The van der Waals surface area contributed by atoms with Crippen LogP contribution in [0.2, 0.25) is 0 Å². The summed E-state index contributed by atoms with van der Waals surface area (Å²) in [5.41, 5.74) is 2.53. The number of ether oxygens (including phenoxy) is 1. The lowest BCUT2D eigenvalue weighted by molar-refractivity contribution is -0.137. The number of benzene rings is 1. The fourth-order valence-corrected chi connectivity index (χ4v) is 3.85. The Morgan fingerprint density at radius 1 is 1.35 bits per heavy atom. The molecule has 0 aliphatic carbocycles. The van der Waals surface area contributed by atoms with Crippen LogP contribution in [0.1, 0.15) is 38.4 Å². The molecular weight excluding hydrogens is 292 g/mol. The molecule has 0 saturated carbocycles. The number of H-pyrrole nitrogens is 1. The predicted octanol–water partition coefficient (Wildman–Crippen LogP) is 2.78. The fraction of sp³-hybridized carbons (Fsp3) is 0.444. The molecule has 122 valence electrons. The second-order valence-electron chi connectivity index (χ2n) is 6.46. The first-order valence-corrected chi connectivity index (χ1v) is 7.83. The van der Waals surface area contributed by atoms with Crippen molar-refractivity contribution in [3.05, 3.63) is 29.5 Å². The third-order valence-corrected chi connectivity index (χ3v) is 4.81. The molecular formula is C18H22N2O3. The number of carbonyl (C=O) groups is 2. The van der Waals surface area contributed by atoms with Crippen molar-refractivity contribution < 1.29 is 14.3 Å². The molecule has 23 heavy (non-hydrogen) atoms. The highest BCUT2D eigenvalue weighted by Gasteiger charge is 2.43. The van der Waals surface area contributed by atoms with E-state index in [9.17, 15) is 9.59 Å². The van der Waals surface area contributed by atoms with Gasteiger partial charge in [0.15, 0.2) is 0 Å². The molecule has 1 aromatic heterocycles. The summed E-state index contributed by atoms with van der Waals surface area (Å²) in [6, 6.07) is 5.91. The van der Waals surface area contributed by atoms with Crippen LogP contribution < -0.4 is 4.74 Å². The highest BCUT2D eigenvalue weighted by Crippen LogP contribution is 2.41. The van der Waals surface area contributed by atoms with Gasteiger partial charge >= 0.3 is 0 Å². The van der Waals surface area contributed by atoms with E-state index in [1.807, 2.05) is 30.0 Å². The molecule has 1 amide bonds. The second kappa shape index (κ2) is 5.41. The van der Waals surface area contributed by atoms with E-state index in [0.29, 0.717) is 13.0 Å². The number of ketones is 1. The quantitative estimate of drug-likeness (QED) is 0.947. The smallest absolute Gasteiger partial charge is 0.220 e. The average Bonchev–Trinajstić information content (AvgIpc) is 2.85. The Morgan fingerprint density at radius 2 is 2.09 bits per heavy atom. The molecule has 1 N–H and O–H groups in total. The summed E-state index contributed by atoms with van der Waals surface area (Å²) in [6.07, 6.45) is 1.08. The van der Waals surface area contributed by atoms with E-state index in [2.05, 4.69) is 4.98 Å². The summed E-state index contributed by atoms with van der Waals surface area (Å²) < 4.78 is 5.33. The van der Waals surface area contributed by atoms with E-state index in [1.54, 1.807) is 21.0 Å². The summed E-state index contributed by atoms with van der Waals surface area (Å²) in [5, 5.41) is 1.11. The number of fused-ring (bicyclic) bond motifs is 3. The van der Waals surface area contributed by atoms with Crippen molar-refractivity contribution in [2.24, 2.45) is 0 Å². The summed E-state index contributed by atoms with van der Waals surface area (Å²) >= 11 is 0. The van der Waals surface area contributed by atoms with Crippen LogP contribution >= 0.6 is 0 Å². The second-order valence-corrected chi connectivity index (χ2v) is 6.46. The van der Waals surface area contributed by atoms with E-state index in [0.717, 1.165) is 28.8 Å². The topological polar surface area (TPSA) is 62.4 Å². The van der Waals surface area contributed by atoms with Gasteiger partial charge in [-0.15, -0.1) is 0 Å². The van der Waals surface area contributed by atoms with E-state index < -0.39 is 5.54 Å². The maximum absolute atomic E-state index is 12.1. The SMILES string of the molecule is COc1ccc2[nH]c3c(c2c1)CCN(C(C)=O)C3(C)CC(C)=O. The third kappa shape index (κ3) is 2.40. The van der Waals surface area contributed by atoms with Crippen LogP contribution in [0.25, 0.3) is 10.9 Å². The van der Waals surface area contributed by atoms with E-state index in [1.165, 1.54) is 5.56 Å². The Hall–Kier alpha value is -2.30. The molecule has 0 radical (unpaired) electrons. The van der Waals surface area contributed by atoms with Gasteiger partial charge in [-0.3, -0.25) is 9.59 Å². The van der Waals surface area contributed by atoms with Gasteiger partial charge < -0.3 is 14.6 Å². The predicted molar refractivity (Wildman–Crippen MR) is 88.6 cm³/mol. The lowest BCUT2D eigenvalue weighted by atomic mass is 9.82. The minimum atomic E-state index is -0.627. The molecule has 1 aliphatic rings. The van der Waals surface area contributed by atoms with Gasteiger partial charge in [0.25, 0.3) is 0 Å². The maximum atomic E-state index is 12.1. The summed E-state index contributed by atoms with van der Waals surface area (Å²) in [6.45, 7) is 5.73. The number of amides is 1. The molecule has 1 unspecified atom stereocenters. The van der Waals surface area contributed by atoms with Crippen molar-refractivity contribution >= 4 is 22.6 Å². The summed E-state index contributed by atoms with van der Waals surface area (Å²) in [4.78, 5) is 29.2. The van der Waals surface area contributed by atoms with Crippen molar-refractivity contribution in [1.29, 1.82) is 0 Å². The Labute approximate surface area is 135 Å². The zero-order chi connectivity index (χ0) is 16.8. The number of Topliss-reactive ketones (excluding diaryl/α,β-unsaturated/α-hetero) is 1. The molecule has 1 aliphatic heterocycles. The lowest BCUT2D eigenvalue weighted by Crippen LogP contribution is -2.51. The molecule has 0 spiro atoms. The molecule has 1 aromatic carbocycles. The molecule has 3 rings (SSSR count). The molecule has 5 heteroatoms. The van der Waals surface area contributed by atoms with Crippen molar-refractivity contribution in [3.8, 4) is 5.75 Å². The number of aromatic amines is 1. The summed E-state index contributed by atoms with van der Waals surface area (Å²) in [7, 11) is 1.65. The van der Waals surface area contributed by atoms with Crippen LogP contribution in [-0.4, -0.2) is 35.2 Å². The third-order valence-electron chi connectivity index (χ3n) is 4.81. The van der Waals surface area contributed by atoms with Crippen LogP contribution in [0, 0.1) is 0 Å². The van der Waals surface area contributed by atoms with Gasteiger partial charge in [0.05, 0.1) is 12.6 Å². The highest BCUT2D eigenvalue weighted by molar-refractivity contribution is 5.88. The van der Waals surface area contributed by atoms with Crippen LogP contribution in [0.3, 0.4) is 0 Å². The fourth-order valence-electron chi connectivity index (χ4n) is 3.85. The van der Waals surface area contributed by atoms with Gasteiger partial charge in [-0.1, -0.05) is 0 Å². The molecule has 0 bridgehead atoms. The van der Waals surface area contributed by atoms with Crippen molar-refractivity contribution in [2.45, 2.75) is 39.2 Å². The Morgan fingerprint density at radius 3 is 2.70 bits per heavy atom. The monoisotopic (exact) mass is 314 g/mol. The molecule has 1 atom stereocenters. The zero-order valence-corrected chi connectivity index (χ0v) is 14.0.